The number of aliphatic hydroxyl groups is 1. The fourth-order valence-electron chi connectivity index (χ4n) is 0.888. The monoisotopic (exact) mass is 292 g/mol. The molecule has 9 heteroatoms. The first-order valence-corrected chi connectivity index (χ1v) is 5.09. The predicted molar refractivity (Wildman–Crippen MR) is 63.9 cm³/mol. The van der Waals surface area contributed by atoms with Crippen LogP contribution in [-0.4, -0.2) is 57.0 Å². The number of carbonyl (C=O) groups excluding carboxylic acids is 1. The average Bonchev–Trinajstić information content (AvgIpc) is 2.26. The molecule has 0 aliphatic carbocycles. The van der Waals surface area contributed by atoms with Gasteiger partial charge in [0.25, 0.3) is 0 Å². The Labute approximate surface area is 114 Å². The molecule has 0 bridgehead atoms. The number of methoxy groups -OCH3 is 1. The number of carbonyl (C=O) groups is 4. The maximum atomic E-state index is 10.3. The summed E-state index contributed by atoms with van der Waals surface area (Å²) in [7, 11) is 1.33. The van der Waals surface area contributed by atoms with Crippen LogP contribution in [0.1, 0.15) is 19.8 Å². The van der Waals surface area contributed by atoms with Crippen molar-refractivity contribution >= 4 is 23.9 Å². The second-order valence-electron chi connectivity index (χ2n) is 3.75. The third-order valence-corrected chi connectivity index (χ3v) is 1.82. The van der Waals surface area contributed by atoms with Gasteiger partial charge in [0.1, 0.15) is 0 Å². The van der Waals surface area contributed by atoms with Crippen LogP contribution in [0.4, 0.5) is 0 Å². The molecule has 0 fully saturated rings. The van der Waals surface area contributed by atoms with E-state index in [0.29, 0.717) is 5.57 Å². The number of hydrogen-bond donors (Lipinski definition) is 4. The molecule has 0 aromatic carbocycles. The topological polar surface area (TPSA) is 158 Å². The van der Waals surface area contributed by atoms with Crippen LogP contribution in [0.2, 0.25) is 0 Å². The summed E-state index contributed by atoms with van der Waals surface area (Å²) in [6.07, 6.45) is -2.29. The molecule has 0 unspecified atom stereocenters. The quantitative estimate of drug-likeness (QED) is 0.373. The van der Waals surface area contributed by atoms with Crippen molar-refractivity contribution in [1.29, 1.82) is 0 Å². The number of aliphatic carboxylic acids is 3. The largest absolute Gasteiger partial charge is 0.481 e. The molecule has 0 aromatic rings. The van der Waals surface area contributed by atoms with Gasteiger partial charge in [-0.25, -0.2) is 9.59 Å². The summed E-state index contributed by atoms with van der Waals surface area (Å²) < 4.78 is 4.27. The zero-order valence-electron chi connectivity index (χ0n) is 11.0. The van der Waals surface area contributed by atoms with Crippen LogP contribution >= 0.6 is 0 Å². The Morgan fingerprint density at radius 1 is 1.05 bits per heavy atom. The summed E-state index contributed by atoms with van der Waals surface area (Å²) in [5.41, 5.74) is -2.31. The SMILES string of the molecule is C=C(C)C(=O)OC.O=C(O)CC(O)(CC(=O)O)C(=O)O. The van der Waals surface area contributed by atoms with E-state index >= 15 is 0 Å². The van der Waals surface area contributed by atoms with E-state index in [1.54, 1.807) is 6.92 Å². The number of esters is 1. The van der Waals surface area contributed by atoms with E-state index in [4.69, 9.17) is 20.4 Å². The highest BCUT2D eigenvalue weighted by Crippen LogP contribution is 2.15. The van der Waals surface area contributed by atoms with Crippen molar-refractivity contribution in [1.82, 2.24) is 0 Å². The van der Waals surface area contributed by atoms with Crippen molar-refractivity contribution in [2.24, 2.45) is 0 Å². The number of ether oxygens (including phenoxy) is 1. The smallest absolute Gasteiger partial charge is 0.336 e. The minimum Gasteiger partial charge on any atom is -0.481 e. The van der Waals surface area contributed by atoms with Gasteiger partial charge in [-0.05, 0) is 6.92 Å². The van der Waals surface area contributed by atoms with Crippen LogP contribution in [0, 0.1) is 0 Å². The molecule has 0 amide bonds. The fraction of sp³-hybridized carbons (Fsp3) is 0.455. The molecule has 0 rings (SSSR count). The van der Waals surface area contributed by atoms with Crippen molar-refractivity contribution in [3.8, 4) is 0 Å². The minimum atomic E-state index is -2.74. The molecule has 0 aromatic heterocycles. The lowest BCUT2D eigenvalue weighted by molar-refractivity contribution is -0.170. The molecule has 0 saturated carbocycles. The first-order valence-electron chi connectivity index (χ1n) is 5.09. The van der Waals surface area contributed by atoms with E-state index in [9.17, 15) is 19.2 Å². The molecule has 0 atom stereocenters. The molecule has 0 aliphatic heterocycles. The third-order valence-electron chi connectivity index (χ3n) is 1.82. The molecular formula is C11H16O9. The van der Waals surface area contributed by atoms with Gasteiger partial charge in [0.15, 0.2) is 5.60 Å². The number of rotatable bonds is 6. The van der Waals surface area contributed by atoms with Crippen molar-refractivity contribution in [2.75, 3.05) is 7.11 Å². The van der Waals surface area contributed by atoms with Crippen molar-refractivity contribution in [2.45, 2.75) is 25.4 Å². The minimum absolute atomic E-state index is 0.347. The Kier molecular flexibility index (Phi) is 8.60. The van der Waals surface area contributed by atoms with E-state index in [1.807, 2.05) is 0 Å². The standard InChI is InChI=1S/C6H8O7.C5H8O2/c7-3(8)1-6(13,5(11)12)2-4(9)10;1-4(2)5(6)7-3/h13H,1-2H2,(H,7,8)(H,9,10)(H,11,12);1H2,2-3H3. The zero-order chi connectivity index (χ0) is 16.5. The average molecular weight is 292 g/mol. The van der Waals surface area contributed by atoms with Gasteiger partial charge in [0.2, 0.25) is 0 Å². The van der Waals surface area contributed by atoms with E-state index in [2.05, 4.69) is 11.3 Å². The van der Waals surface area contributed by atoms with E-state index in [1.165, 1.54) is 7.11 Å². The first-order chi connectivity index (χ1) is 8.96. The molecule has 0 saturated heterocycles. The molecule has 114 valence electrons. The second-order valence-corrected chi connectivity index (χ2v) is 3.75. The van der Waals surface area contributed by atoms with Crippen LogP contribution in [0.5, 0.6) is 0 Å². The molecular weight excluding hydrogens is 276 g/mol. The van der Waals surface area contributed by atoms with E-state index in [0.717, 1.165) is 0 Å². The fourth-order valence-corrected chi connectivity index (χ4v) is 0.888. The highest BCUT2D eigenvalue weighted by Gasteiger charge is 2.40. The summed E-state index contributed by atoms with van der Waals surface area (Å²) >= 11 is 0. The summed E-state index contributed by atoms with van der Waals surface area (Å²) in [4.78, 5) is 40.7. The Morgan fingerprint density at radius 3 is 1.50 bits per heavy atom. The second kappa shape index (κ2) is 8.64. The van der Waals surface area contributed by atoms with E-state index < -0.39 is 36.4 Å². The van der Waals surface area contributed by atoms with Crippen LogP contribution in [0.15, 0.2) is 12.2 Å². The van der Waals surface area contributed by atoms with Gasteiger partial charge in [0, 0.05) is 5.57 Å². The van der Waals surface area contributed by atoms with Gasteiger partial charge in [-0.1, -0.05) is 6.58 Å². The maximum absolute atomic E-state index is 10.3. The molecule has 0 radical (unpaired) electrons. The van der Waals surface area contributed by atoms with E-state index in [-0.39, 0.29) is 5.97 Å². The Morgan fingerprint density at radius 2 is 1.40 bits per heavy atom. The highest BCUT2D eigenvalue weighted by molar-refractivity contribution is 5.88. The van der Waals surface area contributed by atoms with Gasteiger partial charge in [-0.15, -0.1) is 0 Å². The van der Waals surface area contributed by atoms with Crippen molar-refractivity contribution in [3.63, 3.8) is 0 Å². The summed E-state index contributed by atoms with van der Waals surface area (Å²) in [6, 6.07) is 0. The Bertz CT molecular complexity index is 394. The van der Waals surface area contributed by atoms with Gasteiger partial charge in [-0.2, -0.15) is 0 Å². The number of carboxylic acid groups (broad SMARTS) is 3. The lowest BCUT2D eigenvalue weighted by Crippen LogP contribution is -2.42. The third kappa shape index (κ3) is 8.64. The molecule has 0 heterocycles. The Balaban J connectivity index is 0. The molecule has 4 N–H and O–H groups in total. The number of carboxylic acids is 3. The van der Waals surface area contributed by atoms with Crippen LogP contribution in [0.25, 0.3) is 0 Å². The van der Waals surface area contributed by atoms with Gasteiger partial charge < -0.3 is 25.2 Å². The summed E-state index contributed by atoms with van der Waals surface area (Å²) in [5, 5.41) is 33.8. The molecule has 9 nitrogen and oxygen atoms in total. The predicted octanol–water partition coefficient (Wildman–Crippen LogP) is -0.513. The lowest BCUT2D eigenvalue weighted by atomic mass is 9.96. The van der Waals surface area contributed by atoms with Gasteiger partial charge in [-0.3, -0.25) is 9.59 Å². The zero-order valence-corrected chi connectivity index (χ0v) is 11.0. The summed E-state index contributed by atoms with van der Waals surface area (Å²) in [5.74, 6) is -5.37. The number of hydrogen-bond acceptors (Lipinski definition) is 6. The molecule has 20 heavy (non-hydrogen) atoms. The Hall–Kier alpha value is -2.42. The van der Waals surface area contributed by atoms with Crippen LogP contribution in [0.3, 0.4) is 0 Å². The van der Waals surface area contributed by atoms with Gasteiger partial charge in [0.05, 0.1) is 20.0 Å². The normalized spacial score (nSPS) is 9.75. The highest BCUT2D eigenvalue weighted by atomic mass is 16.5. The van der Waals surface area contributed by atoms with Gasteiger partial charge >= 0.3 is 23.9 Å². The summed E-state index contributed by atoms with van der Waals surface area (Å²) in [6.45, 7) is 4.95. The molecule has 0 spiro atoms. The van der Waals surface area contributed by atoms with Crippen molar-refractivity contribution < 1.29 is 44.3 Å². The van der Waals surface area contributed by atoms with Crippen LogP contribution < -0.4 is 0 Å². The lowest BCUT2D eigenvalue weighted by Gasteiger charge is -2.18. The molecule has 0 aliphatic rings. The maximum Gasteiger partial charge on any atom is 0.336 e. The van der Waals surface area contributed by atoms with Crippen molar-refractivity contribution in [3.05, 3.63) is 12.2 Å². The first kappa shape index (κ1) is 19.9. The van der Waals surface area contributed by atoms with Crippen LogP contribution in [-0.2, 0) is 23.9 Å².